The van der Waals surface area contributed by atoms with Crippen LogP contribution in [0, 0.1) is 0 Å². The van der Waals surface area contributed by atoms with E-state index in [2.05, 4.69) is 6.08 Å². The molecule has 0 bridgehead atoms. The molecular formula is C16H16F3N. The van der Waals surface area contributed by atoms with Gasteiger partial charge >= 0.3 is 6.30 Å². The Labute approximate surface area is 116 Å². The van der Waals surface area contributed by atoms with Crippen LogP contribution in [0.2, 0.25) is 0 Å². The molecule has 20 heavy (non-hydrogen) atoms. The summed E-state index contributed by atoms with van der Waals surface area (Å²) in [5.41, 5.74) is 3.22. The van der Waals surface area contributed by atoms with Crippen molar-refractivity contribution in [2.75, 3.05) is 6.54 Å². The van der Waals surface area contributed by atoms with Crippen LogP contribution < -0.4 is 5.32 Å². The molecule has 0 aromatic heterocycles. The van der Waals surface area contributed by atoms with Gasteiger partial charge in [0.25, 0.3) is 0 Å². The Morgan fingerprint density at radius 1 is 1.10 bits per heavy atom. The van der Waals surface area contributed by atoms with Gasteiger partial charge in [-0.1, -0.05) is 60.2 Å². The third-order valence-electron chi connectivity index (χ3n) is 3.00. The van der Waals surface area contributed by atoms with Crippen LogP contribution in [0.25, 0.3) is 6.08 Å². The second-order valence-corrected chi connectivity index (χ2v) is 4.62. The maximum atomic E-state index is 12.0. The van der Waals surface area contributed by atoms with E-state index in [-0.39, 0.29) is 6.54 Å². The third kappa shape index (κ3) is 5.05. The highest BCUT2D eigenvalue weighted by atomic mass is 19.4. The Bertz CT molecular complexity index is 524. The van der Waals surface area contributed by atoms with E-state index in [0.29, 0.717) is 6.42 Å². The average molecular weight is 279 g/mol. The van der Waals surface area contributed by atoms with E-state index in [0.717, 1.165) is 23.1 Å². The molecule has 0 radical (unpaired) electrons. The van der Waals surface area contributed by atoms with E-state index in [1.54, 1.807) is 0 Å². The van der Waals surface area contributed by atoms with Crippen molar-refractivity contribution >= 4 is 6.08 Å². The molecular weight excluding hydrogens is 263 g/mol. The number of rotatable bonds is 4. The van der Waals surface area contributed by atoms with Crippen molar-refractivity contribution in [3.05, 3.63) is 65.3 Å². The lowest BCUT2D eigenvalue weighted by Gasteiger charge is -2.11. The Kier molecular flexibility index (Phi) is 4.79. The average Bonchev–Trinajstić information content (AvgIpc) is 2.41. The van der Waals surface area contributed by atoms with Gasteiger partial charge in [0.05, 0.1) is 0 Å². The highest BCUT2D eigenvalue weighted by Gasteiger charge is 2.25. The van der Waals surface area contributed by atoms with Crippen molar-refractivity contribution in [1.82, 2.24) is 5.32 Å². The Morgan fingerprint density at radius 3 is 2.45 bits per heavy atom. The van der Waals surface area contributed by atoms with Gasteiger partial charge in [0.1, 0.15) is 0 Å². The molecule has 0 spiro atoms. The third-order valence-corrected chi connectivity index (χ3v) is 3.00. The number of allylic oxidation sites excluding steroid dienone is 4. The minimum atomic E-state index is -4.29. The normalized spacial score (nSPS) is 17.4. The molecule has 0 heterocycles. The smallest absolute Gasteiger partial charge is 0.228 e. The van der Waals surface area contributed by atoms with Crippen LogP contribution in [0.3, 0.4) is 0 Å². The number of hydrogen-bond acceptors (Lipinski definition) is 1. The SMILES string of the molecule is FC(F)(F)NCCC1=CCC(=Cc2ccccc2)C=C1. The lowest BCUT2D eigenvalue weighted by Crippen LogP contribution is -2.32. The van der Waals surface area contributed by atoms with Crippen molar-refractivity contribution in [2.45, 2.75) is 19.1 Å². The minimum absolute atomic E-state index is 0.0859. The van der Waals surface area contributed by atoms with Gasteiger partial charge in [0.15, 0.2) is 0 Å². The van der Waals surface area contributed by atoms with Gasteiger partial charge in [0, 0.05) is 6.54 Å². The molecule has 1 aromatic carbocycles. The van der Waals surface area contributed by atoms with Crippen LogP contribution in [0.15, 0.2) is 59.7 Å². The fourth-order valence-corrected chi connectivity index (χ4v) is 2.00. The largest absolute Gasteiger partial charge is 0.457 e. The fourth-order valence-electron chi connectivity index (χ4n) is 2.00. The number of benzene rings is 1. The maximum absolute atomic E-state index is 12.0. The molecule has 0 fully saturated rings. The van der Waals surface area contributed by atoms with Gasteiger partial charge < -0.3 is 0 Å². The molecule has 106 valence electrons. The van der Waals surface area contributed by atoms with E-state index in [1.807, 2.05) is 48.6 Å². The predicted octanol–water partition coefficient (Wildman–Crippen LogP) is 4.46. The molecule has 4 heteroatoms. The van der Waals surface area contributed by atoms with Gasteiger partial charge in [0.2, 0.25) is 0 Å². The van der Waals surface area contributed by atoms with Crippen LogP contribution in [0.5, 0.6) is 0 Å². The summed E-state index contributed by atoms with van der Waals surface area (Å²) >= 11 is 0. The van der Waals surface area contributed by atoms with Crippen molar-refractivity contribution < 1.29 is 13.2 Å². The van der Waals surface area contributed by atoms with Gasteiger partial charge in [-0.15, -0.1) is 0 Å². The first-order valence-electron chi connectivity index (χ1n) is 6.47. The summed E-state index contributed by atoms with van der Waals surface area (Å²) in [6, 6.07) is 9.96. The monoisotopic (exact) mass is 279 g/mol. The molecule has 0 saturated carbocycles. The van der Waals surface area contributed by atoms with E-state index < -0.39 is 6.30 Å². The summed E-state index contributed by atoms with van der Waals surface area (Å²) in [5, 5.41) is 1.53. The van der Waals surface area contributed by atoms with Crippen LogP contribution >= 0.6 is 0 Å². The summed E-state index contributed by atoms with van der Waals surface area (Å²) in [4.78, 5) is 0. The van der Waals surface area contributed by atoms with Crippen molar-refractivity contribution in [2.24, 2.45) is 0 Å². The summed E-state index contributed by atoms with van der Waals surface area (Å²) in [6.07, 6.45) is 4.76. The Morgan fingerprint density at radius 2 is 1.85 bits per heavy atom. The molecule has 1 N–H and O–H groups in total. The van der Waals surface area contributed by atoms with E-state index >= 15 is 0 Å². The first-order valence-corrected chi connectivity index (χ1v) is 6.47. The number of hydrogen-bond donors (Lipinski definition) is 1. The van der Waals surface area contributed by atoms with E-state index in [9.17, 15) is 13.2 Å². The van der Waals surface area contributed by atoms with Crippen molar-refractivity contribution in [3.8, 4) is 0 Å². The lowest BCUT2D eigenvalue weighted by molar-refractivity contribution is -0.156. The van der Waals surface area contributed by atoms with Crippen LogP contribution in [-0.4, -0.2) is 12.8 Å². The topological polar surface area (TPSA) is 12.0 Å². The molecule has 0 amide bonds. The first-order chi connectivity index (χ1) is 9.53. The summed E-state index contributed by atoms with van der Waals surface area (Å²) in [7, 11) is 0. The van der Waals surface area contributed by atoms with Gasteiger partial charge in [-0.05, 0) is 24.0 Å². The fraction of sp³-hybridized carbons (Fsp3) is 0.250. The molecule has 0 aliphatic heterocycles. The van der Waals surface area contributed by atoms with Crippen molar-refractivity contribution in [1.29, 1.82) is 0 Å². The first kappa shape index (κ1) is 14.6. The number of nitrogens with one attached hydrogen (secondary N) is 1. The summed E-state index contributed by atoms with van der Waals surface area (Å²) < 4.78 is 35.9. The van der Waals surface area contributed by atoms with Crippen molar-refractivity contribution in [3.63, 3.8) is 0 Å². The highest BCUT2D eigenvalue weighted by Crippen LogP contribution is 2.20. The molecule has 0 atom stereocenters. The number of alkyl halides is 3. The molecule has 1 aliphatic carbocycles. The zero-order valence-corrected chi connectivity index (χ0v) is 11.0. The van der Waals surface area contributed by atoms with E-state index in [1.165, 1.54) is 5.32 Å². The van der Waals surface area contributed by atoms with Gasteiger partial charge in [-0.2, -0.15) is 13.2 Å². The zero-order chi connectivity index (χ0) is 14.4. The predicted molar refractivity (Wildman–Crippen MR) is 74.9 cm³/mol. The Balaban J connectivity index is 1.85. The van der Waals surface area contributed by atoms with Crippen LogP contribution in [0.4, 0.5) is 13.2 Å². The highest BCUT2D eigenvalue weighted by molar-refractivity contribution is 5.57. The summed E-state index contributed by atoms with van der Waals surface area (Å²) in [5.74, 6) is 0. The molecule has 1 nitrogen and oxygen atoms in total. The molecule has 2 rings (SSSR count). The molecule has 1 aromatic rings. The second kappa shape index (κ2) is 6.57. The molecule has 0 saturated heterocycles. The lowest BCUT2D eigenvalue weighted by atomic mass is 9.98. The quantitative estimate of drug-likeness (QED) is 0.803. The Hall–Kier alpha value is -1.81. The van der Waals surface area contributed by atoms with Crippen LogP contribution in [-0.2, 0) is 0 Å². The second-order valence-electron chi connectivity index (χ2n) is 4.62. The maximum Gasteiger partial charge on any atom is 0.457 e. The molecule has 1 aliphatic rings. The number of halogens is 3. The standard InChI is InChI=1S/C16H16F3N/c17-16(18,19)20-11-10-13-6-8-15(9-7-13)12-14-4-2-1-3-5-14/h1-8,12,20H,9-11H2. The zero-order valence-electron chi connectivity index (χ0n) is 11.0. The minimum Gasteiger partial charge on any atom is -0.228 e. The van der Waals surface area contributed by atoms with Gasteiger partial charge in [-0.25, -0.2) is 5.32 Å². The van der Waals surface area contributed by atoms with Gasteiger partial charge in [-0.3, -0.25) is 0 Å². The summed E-state index contributed by atoms with van der Waals surface area (Å²) in [6.45, 7) is -0.0859. The van der Waals surface area contributed by atoms with Crippen LogP contribution in [0.1, 0.15) is 18.4 Å². The van der Waals surface area contributed by atoms with E-state index in [4.69, 9.17) is 0 Å². The molecule has 0 unspecified atom stereocenters.